The van der Waals surface area contributed by atoms with Gasteiger partial charge in [-0.25, -0.2) is 18.1 Å². The van der Waals surface area contributed by atoms with E-state index in [-0.39, 0.29) is 10.9 Å². The molecular formula is C14H14F3N3O2S2. The number of hydrogen-bond donors (Lipinski definition) is 1. The summed E-state index contributed by atoms with van der Waals surface area (Å²) < 4.78 is 64.8. The molecule has 1 N–H and O–H groups in total. The Bertz CT molecular complexity index is 790. The van der Waals surface area contributed by atoms with Crippen molar-refractivity contribution in [3.8, 4) is 0 Å². The highest BCUT2D eigenvalue weighted by Gasteiger charge is 2.32. The minimum atomic E-state index is -4.49. The first-order valence-corrected chi connectivity index (χ1v) is 9.46. The van der Waals surface area contributed by atoms with Gasteiger partial charge < -0.3 is 4.90 Å². The number of benzene rings is 1. The van der Waals surface area contributed by atoms with E-state index in [0.29, 0.717) is 19.5 Å². The Kier molecular flexibility index (Phi) is 4.54. The van der Waals surface area contributed by atoms with E-state index in [0.717, 1.165) is 29.4 Å². The summed E-state index contributed by atoms with van der Waals surface area (Å²) in [6, 6.07) is 3.18. The van der Waals surface area contributed by atoms with Crippen molar-refractivity contribution in [3.63, 3.8) is 0 Å². The van der Waals surface area contributed by atoms with Gasteiger partial charge in [0.1, 0.15) is 0 Å². The van der Waals surface area contributed by atoms with Crippen LogP contribution in [0.1, 0.15) is 12.0 Å². The number of sulfonamides is 1. The Balaban J connectivity index is 1.68. The monoisotopic (exact) mass is 377 g/mol. The first-order chi connectivity index (χ1) is 11.3. The standard InChI is InChI=1S/C14H14F3N3O2S2/c15-14(16,17)10-1-3-12(4-2-10)24(21,22)19-11-5-7-20(9-11)13-18-6-8-23-13/h1-4,6,8,11,19H,5,7,9H2/t11-/m0/s1. The van der Waals surface area contributed by atoms with Crippen LogP contribution in [0, 0.1) is 0 Å². The van der Waals surface area contributed by atoms with Gasteiger partial charge >= 0.3 is 6.18 Å². The molecule has 0 spiro atoms. The van der Waals surface area contributed by atoms with Gasteiger partial charge in [-0.15, -0.1) is 11.3 Å². The third kappa shape index (κ3) is 3.70. The van der Waals surface area contributed by atoms with Crippen molar-refractivity contribution in [2.24, 2.45) is 0 Å². The molecule has 0 saturated carbocycles. The molecule has 1 fully saturated rings. The highest BCUT2D eigenvalue weighted by molar-refractivity contribution is 7.89. The zero-order valence-corrected chi connectivity index (χ0v) is 14.0. The van der Waals surface area contributed by atoms with Crippen molar-refractivity contribution in [1.29, 1.82) is 0 Å². The highest BCUT2D eigenvalue weighted by Crippen LogP contribution is 2.30. The van der Waals surface area contributed by atoms with Crippen LogP contribution in [0.5, 0.6) is 0 Å². The van der Waals surface area contributed by atoms with E-state index in [4.69, 9.17) is 0 Å². The number of nitrogens with one attached hydrogen (secondary N) is 1. The van der Waals surface area contributed by atoms with Gasteiger partial charge in [0, 0.05) is 30.7 Å². The van der Waals surface area contributed by atoms with Crippen LogP contribution in [-0.2, 0) is 16.2 Å². The third-order valence-corrected chi connectivity index (χ3v) is 6.06. The lowest BCUT2D eigenvalue weighted by Gasteiger charge is -2.16. The van der Waals surface area contributed by atoms with Gasteiger partial charge in [-0.05, 0) is 30.7 Å². The predicted octanol–water partition coefficient (Wildman–Crippen LogP) is 2.72. The molecule has 130 valence electrons. The summed E-state index contributed by atoms with van der Waals surface area (Å²) in [4.78, 5) is 5.98. The van der Waals surface area contributed by atoms with E-state index in [1.807, 2.05) is 10.3 Å². The molecule has 0 radical (unpaired) electrons. The second kappa shape index (κ2) is 6.34. The van der Waals surface area contributed by atoms with Gasteiger partial charge in [0.15, 0.2) is 5.13 Å². The summed E-state index contributed by atoms with van der Waals surface area (Å²) in [5.74, 6) is 0. The van der Waals surface area contributed by atoms with E-state index in [9.17, 15) is 21.6 Å². The fraction of sp³-hybridized carbons (Fsp3) is 0.357. The number of anilines is 1. The van der Waals surface area contributed by atoms with Crippen LogP contribution in [0.15, 0.2) is 40.7 Å². The molecule has 1 aliphatic heterocycles. The average molecular weight is 377 g/mol. The van der Waals surface area contributed by atoms with Crippen LogP contribution in [-0.4, -0.2) is 32.5 Å². The second-order valence-electron chi connectivity index (χ2n) is 5.39. The number of nitrogens with zero attached hydrogens (tertiary/aromatic N) is 2. The van der Waals surface area contributed by atoms with Crippen LogP contribution in [0.2, 0.25) is 0 Å². The molecule has 3 rings (SSSR count). The van der Waals surface area contributed by atoms with Crippen LogP contribution < -0.4 is 9.62 Å². The lowest BCUT2D eigenvalue weighted by Crippen LogP contribution is -2.37. The molecule has 10 heteroatoms. The lowest BCUT2D eigenvalue weighted by atomic mass is 10.2. The number of rotatable bonds is 4. The molecule has 2 heterocycles. The summed E-state index contributed by atoms with van der Waals surface area (Å²) >= 11 is 1.47. The van der Waals surface area contributed by atoms with E-state index < -0.39 is 21.8 Å². The Morgan fingerprint density at radius 3 is 2.54 bits per heavy atom. The molecule has 24 heavy (non-hydrogen) atoms. The molecular weight excluding hydrogens is 363 g/mol. The van der Waals surface area contributed by atoms with E-state index in [1.54, 1.807) is 6.20 Å². The van der Waals surface area contributed by atoms with Crippen LogP contribution in [0.25, 0.3) is 0 Å². The fourth-order valence-electron chi connectivity index (χ4n) is 2.51. The predicted molar refractivity (Wildman–Crippen MR) is 84.5 cm³/mol. The Morgan fingerprint density at radius 1 is 1.25 bits per heavy atom. The average Bonchev–Trinajstić information content (AvgIpc) is 3.17. The lowest BCUT2D eigenvalue weighted by molar-refractivity contribution is -0.137. The van der Waals surface area contributed by atoms with Gasteiger partial charge in [-0.3, -0.25) is 0 Å². The van der Waals surface area contributed by atoms with Gasteiger partial charge in [0.2, 0.25) is 10.0 Å². The molecule has 1 aromatic heterocycles. The van der Waals surface area contributed by atoms with Gasteiger partial charge in [-0.1, -0.05) is 0 Å². The number of aromatic nitrogens is 1. The smallest absolute Gasteiger partial charge is 0.346 e. The van der Waals surface area contributed by atoms with Gasteiger partial charge in [0.25, 0.3) is 0 Å². The molecule has 0 bridgehead atoms. The maximum Gasteiger partial charge on any atom is 0.416 e. The summed E-state index contributed by atoms with van der Waals surface area (Å²) in [7, 11) is -3.86. The molecule has 0 amide bonds. The topological polar surface area (TPSA) is 62.3 Å². The summed E-state index contributed by atoms with van der Waals surface area (Å²) in [6.45, 7) is 1.15. The minimum Gasteiger partial charge on any atom is -0.346 e. The van der Waals surface area contributed by atoms with Crippen molar-refractivity contribution < 1.29 is 21.6 Å². The maximum atomic E-state index is 12.5. The number of alkyl halides is 3. The molecule has 1 aromatic carbocycles. The van der Waals surface area contributed by atoms with E-state index in [1.165, 1.54) is 11.3 Å². The number of thiazole rings is 1. The van der Waals surface area contributed by atoms with E-state index in [2.05, 4.69) is 9.71 Å². The molecule has 2 aromatic rings. The first kappa shape index (κ1) is 17.2. The molecule has 1 atom stereocenters. The maximum absolute atomic E-state index is 12.5. The summed E-state index contributed by atoms with van der Waals surface area (Å²) in [6.07, 6.45) is -2.20. The second-order valence-corrected chi connectivity index (χ2v) is 7.98. The summed E-state index contributed by atoms with van der Waals surface area (Å²) in [5, 5.41) is 2.67. The quantitative estimate of drug-likeness (QED) is 0.890. The van der Waals surface area contributed by atoms with Crippen molar-refractivity contribution in [1.82, 2.24) is 9.71 Å². The van der Waals surface area contributed by atoms with E-state index >= 15 is 0 Å². The van der Waals surface area contributed by atoms with Gasteiger partial charge in [0.05, 0.1) is 10.5 Å². The highest BCUT2D eigenvalue weighted by atomic mass is 32.2. The molecule has 0 aliphatic carbocycles. The molecule has 1 saturated heterocycles. The van der Waals surface area contributed by atoms with Crippen molar-refractivity contribution in [2.75, 3.05) is 18.0 Å². The Hall–Kier alpha value is -1.65. The van der Waals surface area contributed by atoms with Crippen LogP contribution in [0.4, 0.5) is 18.3 Å². The van der Waals surface area contributed by atoms with Crippen molar-refractivity contribution in [3.05, 3.63) is 41.4 Å². The number of hydrogen-bond acceptors (Lipinski definition) is 5. The molecule has 0 unspecified atom stereocenters. The van der Waals surface area contributed by atoms with Crippen LogP contribution in [0.3, 0.4) is 0 Å². The molecule has 5 nitrogen and oxygen atoms in total. The Morgan fingerprint density at radius 2 is 1.96 bits per heavy atom. The zero-order valence-electron chi connectivity index (χ0n) is 12.3. The fourth-order valence-corrected chi connectivity index (χ4v) is 4.45. The zero-order chi connectivity index (χ0) is 17.4. The SMILES string of the molecule is O=S(=O)(N[C@H]1CCN(c2nccs2)C1)c1ccc(C(F)(F)F)cc1. The third-order valence-electron chi connectivity index (χ3n) is 3.69. The Labute approximate surface area is 141 Å². The largest absolute Gasteiger partial charge is 0.416 e. The van der Waals surface area contributed by atoms with Crippen molar-refractivity contribution in [2.45, 2.75) is 23.5 Å². The minimum absolute atomic E-state index is 0.178. The van der Waals surface area contributed by atoms with Crippen molar-refractivity contribution >= 4 is 26.5 Å². The number of halogens is 3. The summed E-state index contributed by atoms with van der Waals surface area (Å²) in [5.41, 5.74) is -0.878. The van der Waals surface area contributed by atoms with Crippen LogP contribution >= 0.6 is 11.3 Å². The molecule has 1 aliphatic rings. The first-order valence-electron chi connectivity index (χ1n) is 7.10. The van der Waals surface area contributed by atoms with Gasteiger partial charge in [-0.2, -0.15) is 13.2 Å². The normalized spacial score (nSPS) is 19.0.